The molecule has 0 aliphatic carbocycles. The minimum atomic E-state index is -4.66. The fraction of sp³-hybridized carbons (Fsp3) is 0.318. The molecule has 1 saturated heterocycles. The van der Waals surface area contributed by atoms with Gasteiger partial charge in [0.15, 0.2) is 17.3 Å². The van der Waals surface area contributed by atoms with Crippen LogP contribution in [0.25, 0.3) is 11.4 Å². The molecule has 3 aromatic heterocycles. The Bertz CT molecular complexity index is 1200. The third-order valence-electron chi connectivity index (χ3n) is 5.64. The number of anilines is 3. The highest BCUT2D eigenvalue weighted by molar-refractivity contribution is 6.06. The van der Waals surface area contributed by atoms with E-state index in [1.165, 1.54) is 18.5 Å². The molecule has 5 N–H and O–H groups in total. The summed E-state index contributed by atoms with van der Waals surface area (Å²) in [6.07, 6.45) is 0.640. The normalized spacial score (nSPS) is 15.7. The van der Waals surface area contributed by atoms with E-state index in [2.05, 4.69) is 30.2 Å². The topological polar surface area (TPSA) is 136 Å². The zero-order valence-corrected chi connectivity index (χ0v) is 18.3. The molecule has 1 aliphatic heterocycles. The number of hydrogen-bond acceptors (Lipinski definition) is 8. The average molecular weight is 472 g/mol. The summed E-state index contributed by atoms with van der Waals surface area (Å²) >= 11 is 0. The first kappa shape index (κ1) is 23.4. The van der Waals surface area contributed by atoms with Gasteiger partial charge in [0.05, 0.1) is 17.4 Å². The summed E-state index contributed by atoms with van der Waals surface area (Å²) < 4.78 is 40.2. The van der Waals surface area contributed by atoms with Crippen LogP contribution in [-0.2, 0) is 6.18 Å². The van der Waals surface area contributed by atoms with E-state index in [9.17, 15) is 18.0 Å². The Hall–Kier alpha value is -3.80. The van der Waals surface area contributed by atoms with Crippen molar-refractivity contribution < 1.29 is 18.0 Å². The van der Waals surface area contributed by atoms with E-state index in [-0.39, 0.29) is 28.6 Å². The van der Waals surface area contributed by atoms with Gasteiger partial charge in [-0.1, -0.05) is 0 Å². The van der Waals surface area contributed by atoms with Crippen molar-refractivity contribution in [1.29, 1.82) is 0 Å². The summed E-state index contributed by atoms with van der Waals surface area (Å²) in [5.41, 5.74) is 10.5. The van der Waals surface area contributed by atoms with Gasteiger partial charge in [0.25, 0.3) is 5.91 Å². The lowest BCUT2D eigenvalue weighted by molar-refractivity contribution is -0.137. The molecule has 34 heavy (non-hydrogen) atoms. The summed E-state index contributed by atoms with van der Waals surface area (Å²) in [7, 11) is 0. The number of carbonyl (C=O) groups is 1. The maximum atomic E-state index is 13.4. The molecule has 0 atom stereocenters. The second-order valence-electron chi connectivity index (χ2n) is 8.35. The van der Waals surface area contributed by atoms with Crippen LogP contribution in [0.5, 0.6) is 0 Å². The number of rotatable bonds is 4. The van der Waals surface area contributed by atoms with Crippen LogP contribution in [0.4, 0.5) is 30.5 Å². The highest BCUT2D eigenvalue weighted by Crippen LogP contribution is 2.35. The highest BCUT2D eigenvalue weighted by Gasteiger charge is 2.35. The molecule has 1 aliphatic rings. The van der Waals surface area contributed by atoms with Crippen molar-refractivity contribution in [1.82, 2.24) is 19.9 Å². The second-order valence-corrected chi connectivity index (χ2v) is 8.35. The first-order valence-electron chi connectivity index (χ1n) is 10.5. The van der Waals surface area contributed by atoms with E-state index in [0.29, 0.717) is 18.8 Å². The summed E-state index contributed by atoms with van der Waals surface area (Å²) in [6.45, 7) is 3.36. The van der Waals surface area contributed by atoms with Crippen molar-refractivity contribution in [2.75, 3.05) is 29.0 Å². The number of piperidine rings is 1. The molecule has 0 spiro atoms. The van der Waals surface area contributed by atoms with Gasteiger partial charge in [-0.05, 0) is 44.0 Å². The number of amides is 1. The minimum Gasteiger partial charge on any atom is -0.382 e. The van der Waals surface area contributed by atoms with E-state index in [1.807, 2.05) is 13.0 Å². The number of alkyl halides is 3. The second kappa shape index (κ2) is 8.86. The molecule has 9 nitrogen and oxygen atoms in total. The van der Waals surface area contributed by atoms with Gasteiger partial charge in [-0.25, -0.2) is 15.0 Å². The molecular weight excluding hydrogens is 449 g/mol. The lowest BCUT2D eigenvalue weighted by Crippen LogP contribution is -2.48. The average Bonchev–Trinajstić information content (AvgIpc) is 2.79. The van der Waals surface area contributed by atoms with Gasteiger partial charge in [-0.3, -0.25) is 9.78 Å². The van der Waals surface area contributed by atoms with Crippen LogP contribution in [0, 0.1) is 0 Å². The molecule has 0 bridgehead atoms. The Morgan fingerprint density at radius 3 is 2.50 bits per heavy atom. The maximum Gasteiger partial charge on any atom is 0.418 e. The summed E-state index contributed by atoms with van der Waals surface area (Å²) in [4.78, 5) is 31.1. The Labute approximate surface area is 193 Å². The Kier molecular flexibility index (Phi) is 6.09. The van der Waals surface area contributed by atoms with E-state index < -0.39 is 23.3 Å². The molecule has 1 fully saturated rings. The van der Waals surface area contributed by atoms with E-state index in [1.54, 1.807) is 6.07 Å². The number of hydrogen-bond donors (Lipinski definition) is 3. The number of nitrogens with two attached hydrogens (primary N) is 2. The monoisotopic (exact) mass is 472 g/mol. The van der Waals surface area contributed by atoms with Crippen molar-refractivity contribution in [3.63, 3.8) is 0 Å². The molecule has 3 aromatic rings. The minimum absolute atomic E-state index is 0.230. The fourth-order valence-corrected chi connectivity index (χ4v) is 3.69. The lowest BCUT2D eigenvalue weighted by Gasteiger charge is -2.38. The molecule has 4 rings (SSSR count). The van der Waals surface area contributed by atoms with Crippen LogP contribution in [0.3, 0.4) is 0 Å². The van der Waals surface area contributed by atoms with Crippen LogP contribution in [-0.4, -0.2) is 44.5 Å². The molecule has 0 saturated carbocycles. The van der Waals surface area contributed by atoms with E-state index in [0.717, 1.165) is 25.1 Å². The van der Waals surface area contributed by atoms with E-state index in [4.69, 9.17) is 11.5 Å². The predicted octanol–water partition coefficient (Wildman–Crippen LogP) is 3.10. The molecule has 1 amide bonds. The van der Waals surface area contributed by atoms with Crippen LogP contribution in [0.15, 0.2) is 42.9 Å². The van der Waals surface area contributed by atoms with Crippen LogP contribution in [0.2, 0.25) is 0 Å². The van der Waals surface area contributed by atoms with Gasteiger partial charge in [0.1, 0.15) is 11.4 Å². The standard InChI is InChI=1S/C22H23F3N8O/c1-21(27)6-10-33(11-7-21)15-5-3-9-29-19(15)32-20(34)17-18(26)30-12-14(31-17)16-13(22(23,24)25)4-2-8-28-16/h2-5,8-9,12H,6-7,10-11,27H2,1H3,(H2,26,30)(H,29,32,34). The third-order valence-corrected chi connectivity index (χ3v) is 5.64. The summed E-state index contributed by atoms with van der Waals surface area (Å²) in [5.74, 6) is -0.717. The van der Waals surface area contributed by atoms with E-state index >= 15 is 0 Å². The van der Waals surface area contributed by atoms with Gasteiger partial charge in [0.2, 0.25) is 0 Å². The molecule has 0 unspecified atom stereocenters. The van der Waals surface area contributed by atoms with Crippen molar-refractivity contribution in [3.05, 3.63) is 54.1 Å². The fourth-order valence-electron chi connectivity index (χ4n) is 3.69. The lowest BCUT2D eigenvalue weighted by atomic mass is 9.91. The van der Waals surface area contributed by atoms with Crippen molar-refractivity contribution >= 4 is 23.2 Å². The van der Waals surface area contributed by atoms with Crippen molar-refractivity contribution in [3.8, 4) is 11.4 Å². The largest absolute Gasteiger partial charge is 0.418 e. The first-order chi connectivity index (χ1) is 16.0. The number of nitrogen functional groups attached to an aromatic ring is 1. The number of nitrogens with one attached hydrogen (secondary N) is 1. The zero-order valence-electron chi connectivity index (χ0n) is 18.3. The third kappa shape index (κ3) is 4.91. The number of nitrogens with zero attached hydrogens (tertiary/aromatic N) is 5. The van der Waals surface area contributed by atoms with Crippen molar-refractivity contribution in [2.45, 2.75) is 31.5 Å². The molecule has 0 aromatic carbocycles. The van der Waals surface area contributed by atoms with Gasteiger partial charge < -0.3 is 21.7 Å². The first-order valence-corrected chi connectivity index (χ1v) is 10.5. The number of aromatic nitrogens is 4. The molecule has 12 heteroatoms. The van der Waals surface area contributed by atoms with Gasteiger partial charge in [-0.2, -0.15) is 13.2 Å². The zero-order chi connectivity index (χ0) is 24.5. The van der Waals surface area contributed by atoms with Gasteiger partial charge >= 0.3 is 6.18 Å². The SMILES string of the molecule is CC1(N)CCN(c2cccnc2NC(=O)c2nc(-c3ncccc3C(F)(F)F)cnc2N)CC1. The number of carbonyl (C=O) groups excluding carboxylic acids is 1. The number of halogens is 3. The Balaban J connectivity index is 1.63. The summed E-state index contributed by atoms with van der Waals surface area (Å²) in [5, 5.41) is 2.66. The quantitative estimate of drug-likeness (QED) is 0.527. The molecular formula is C22H23F3N8O. The van der Waals surface area contributed by atoms with Gasteiger partial charge in [-0.15, -0.1) is 0 Å². The highest BCUT2D eigenvalue weighted by atomic mass is 19.4. The molecule has 178 valence electrons. The van der Waals surface area contributed by atoms with Crippen LogP contribution in [0.1, 0.15) is 35.8 Å². The molecule has 4 heterocycles. The van der Waals surface area contributed by atoms with Crippen LogP contribution >= 0.6 is 0 Å². The van der Waals surface area contributed by atoms with Gasteiger partial charge in [0, 0.05) is 31.0 Å². The van der Waals surface area contributed by atoms with Crippen LogP contribution < -0.4 is 21.7 Å². The Morgan fingerprint density at radius 2 is 1.79 bits per heavy atom. The summed E-state index contributed by atoms with van der Waals surface area (Å²) in [6, 6.07) is 5.61. The Morgan fingerprint density at radius 1 is 1.12 bits per heavy atom. The van der Waals surface area contributed by atoms with Crippen molar-refractivity contribution in [2.24, 2.45) is 5.73 Å². The predicted molar refractivity (Wildman–Crippen MR) is 121 cm³/mol. The smallest absolute Gasteiger partial charge is 0.382 e. The maximum absolute atomic E-state index is 13.4. The molecule has 0 radical (unpaired) electrons. The number of pyridine rings is 2.